The second kappa shape index (κ2) is 8.22. The molecule has 2 fully saturated rings. The van der Waals surface area contributed by atoms with E-state index in [1.54, 1.807) is 6.20 Å². The van der Waals surface area contributed by atoms with E-state index in [2.05, 4.69) is 52.0 Å². The molecular weight excluding hydrogens is 334 g/mol. The van der Waals surface area contributed by atoms with Crippen molar-refractivity contribution in [3.63, 3.8) is 0 Å². The van der Waals surface area contributed by atoms with E-state index in [4.69, 9.17) is 0 Å². The minimum atomic E-state index is 0.309. The first kappa shape index (κ1) is 18.2. The number of piperidine rings is 2. The van der Waals surface area contributed by atoms with Crippen LogP contribution in [0, 0.1) is 5.92 Å². The standard InChI is InChI=1S/C23H29N3O/c1-2-18-5-7-19(8-6-18)15-25-13-11-22-21(17-25)9-10-23(27)26(22)16-20-4-3-12-24-14-20/h3-8,12,14,21-22H,2,9-11,13,15-17H2,1H3/t21-,22+/m1/s1. The number of aromatic nitrogens is 1. The van der Waals surface area contributed by atoms with Gasteiger partial charge in [0.05, 0.1) is 0 Å². The predicted molar refractivity (Wildman–Crippen MR) is 107 cm³/mol. The van der Waals surface area contributed by atoms with Crippen molar-refractivity contribution in [3.8, 4) is 0 Å². The maximum Gasteiger partial charge on any atom is 0.223 e. The third-order valence-electron chi connectivity index (χ3n) is 6.14. The number of nitrogens with zero attached hydrogens (tertiary/aromatic N) is 3. The van der Waals surface area contributed by atoms with Gasteiger partial charge in [0.25, 0.3) is 0 Å². The molecule has 1 aromatic heterocycles. The van der Waals surface area contributed by atoms with Gasteiger partial charge >= 0.3 is 0 Å². The molecule has 1 amide bonds. The second-order valence-corrected chi connectivity index (χ2v) is 7.94. The number of hydrogen-bond donors (Lipinski definition) is 0. The fourth-order valence-corrected chi connectivity index (χ4v) is 4.60. The van der Waals surface area contributed by atoms with Gasteiger partial charge in [0, 0.05) is 51.0 Å². The first-order valence-corrected chi connectivity index (χ1v) is 10.2. The summed E-state index contributed by atoms with van der Waals surface area (Å²) < 4.78 is 0. The van der Waals surface area contributed by atoms with Gasteiger partial charge in [0.15, 0.2) is 0 Å². The molecule has 2 aromatic rings. The van der Waals surface area contributed by atoms with E-state index in [-0.39, 0.29) is 0 Å². The molecule has 0 N–H and O–H groups in total. The van der Waals surface area contributed by atoms with E-state index >= 15 is 0 Å². The number of benzene rings is 1. The molecule has 142 valence electrons. The highest BCUT2D eigenvalue weighted by Gasteiger charge is 2.39. The van der Waals surface area contributed by atoms with Crippen LogP contribution in [0.2, 0.25) is 0 Å². The summed E-state index contributed by atoms with van der Waals surface area (Å²) in [6.07, 6.45) is 7.54. The number of fused-ring (bicyclic) bond motifs is 1. The molecule has 2 aliphatic rings. The molecule has 4 heteroatoms. The summed E-state index contributed by atoms with van der Waals surface area (Å²) in [5.41, 5.74) is 3.92. The van der Waals surface area contributed by atoms with Crippen molar-refractivity contribution in [1.29, 1.82) is 0 Å². The first-order valence-electron chi connectivity index (χ1n) is 10.2. The van der Waals surface area contributed by atoms with Crippen LogP contribution in [0.5, 0.6) is 0 Å². The predicted octanol–water partition coefficient (Wildman–Crippen LogP) is 3.66. The number of amides is 1. The molecule has 0 aliphatic carbocycles. The van der Waals surface area contributed by atoms with Crippen molar-refractivity contribution in [2.24, 2.45) is 5.92 Å². The molecule has 2 aliphatic heterocycles. The van der Waals surface area contributed by atoms with E-state index in [1.807, 2.05) is 12.3 Å². The Kier molecular flexibility index (Phi) is 5.53. The molecule has 0 spiro atoms. The molecule has 3 heterocycles. The number of likely N-dealkylation sites (tertiary alicyclic amines) is 2. The summed E-state index contributed by atoms with van der Waals surface area (Å²) in [6, 6.07) is 13.4. The van der Waals surface area contributed by atoms with Gasteiger partial charge in [-0.2, -0.15) is 0 Å². The largest absolute Gasteiger partial charge is 0.335 e. The lowest BCUT2D eigenvalue weighted by Crippen LogP contribution is -2.55. The lowest BCUT2D eigenvalue weighted by atomic mass is 9.83. The van der Waals surface area contributed by atoms with Gasteiger partial charge in [0.1, 0.15) is 0 Å². The van der Waals surface area contributed by atoms with Crippen LogP contribution in [-0.2, 0) is 24.3 Å². The van der Waals surface area contributed by atoms with Gasteiger partial charge < -0.3 is 4.90 Å². The van der Waals surface area contributed by atoms with Crippen LogP contribution in [0.3, 0.4) is 0 Å². The van der Waals surface area contributed by atoms with Crippen LogP contribution in [0.25, 0.3) is 0 Å². The summed E-state index contributed by atoms with van der Waals surface area (Å²) in [5.74, 6) is 0.895. The fourth-order valence-electron chi connectivity index (χ4n) is 4.60. The van der Waals surface area contributed by atoms with Gasteiger partial charge in [-0.15, -0.1) is 0 Å². The number of hydrogen-bond acceptors (Lipinski definition) is 3. The number of pyridine rings is 1. The Labute approximate surface area is 162 Å². The van der Waals surface area contributed by atoms with Crippen LogP contribution in [-0.4, -0.2) is 39.8 Å². The van der Waals surface area contributed by atoms with E-state index in [0.29, 0.717) is 30.8 Å². The number of rotatable bonds is 5. The Morgan fingerprint density at radius 1 is 1.04 bits per heavy atom. The van der Waals surface area contributed by atoms with Crippen LogP contribution >= 0.6 is 0 Å². The number of carbonyl (C=O) groups excluding carboxylic acids is 1. The van der Waals surface area contributed by atoms with Crippen molar-refractivity contribution < 1.29 is 4.79 Å². The average molecular weight is 364 g/mol. The lowest BCUT2D eigenvalue weighted by molar-refractivity contribution is -0.142. The minimum absolute atomic E-state index is 0.309. The highest BCUT2D eigenvalue weighted by atomic mass is 16.2. The van der Waals surface area contributed by atoms with Crippen molar-refractivity contribution >= 4 is 5.91 Å². The summed E-state index contributed by atoms with van der Waals surface area (Å²) in [4.78, 5) is 21.5. The van der Waals surface area contributed by atoms with Crippen molar-refractivity contribution in [3.05, 3.63) is 65.5 Å². The summed E-state index contributed by atoms with van der Waals surface area (Å²) in [7, 11) is 0. The normalized spacial score (nSPS) is 23.3. The van der Waals surface area contributed by atoms with Crippen LogP contribution in [0.4, 0.5) is 0 Å². The quantitative estimate of drug-likeness (QED) is 0.813. The number of aryl methyl sites for hydroxylation is 1. The number of carbonyl (C=O) groups is 1. The summed E-state index contributed by atoms with van der Waals surface area (Å²) >= 11 is 0. The van der Waals surface area contributed by atoms with Crippen LogP contribution in [0.15, 0.2) is 48.8 Å². The molecule has 4 nitrogen and oxygen atoms in total. The van der Waals surface area contributed by atoms with Crippen molar-refractivity contribution in [2.75, 3.05) is 13.1 Å². The Hall–Kier alpha value is -2.20. The Morgan fingerprint density at radius 3 is 2.59 bits per heavy atom. The molecule has 0 radical (unpaired) electrons. The fraction of sp³-hybridized carbons (Fsp3) is 0.478. The maximum absolute atomic E-state index is 12.6. The molecule has 27 heavy (non-hydrogen) atoms. The van der Waals surface area contributed by atoms with Crippen molar-refractivity contribution in [1.82, 2.24) is 14.8 Å². The lowest BCUT2D eigenvalue weighted by Gasteiger charge is -2.47. The molecule has 4 rings (SSSR count). The van der Waals surface area contributed by atoms with E-state index < -0.39 is 0 Å². The molecule has 0 unspecified atom stereocenters. The van der Waals surface area contributed by atoms with Crippen LogP contribution in [0.1, 0.15) is 42.9 Å². The topological polar surface area (TPSA) is 36.4 Å². The van der Waals surface area contributed by atoms with Gasteiger partial charge in [-0.25, -0.2) is 0 Å². The van der Waals surface area contributed by atoms with Gasteiger partial charge in [0.2, 0.25) is 5.91 Å². The van der Waals surface area contributed by atoms with Crippen molar-refractivity contribution in [2.45, 2.75) is 51.7 Å². The minimum Gasteiger partial charge on any atom is -0.335 e. The van der Waals surface area contributed by atoms with Gasteiger partial charge in [-0.1, -0.05) is 37.3 Å². The van der Waals surface area contributed by atoms with E-state index in [1.165, 1.54) is 11.1 Å². The van der Waals surface area contributed by atoms with Crippen LogP contribution < -0.4 is 0 Å². The highest BCUT2D eigenvalue weighted by molar-refractivity contribution is 5.77. The Balaban J connectivity index is 1.40. The highest BCUT2D eigenvalue weighted by Crippen LogP contribution is 2.32. The first-order chi connectivity index (χ1) is 13.2. The third kappa shape index (κ3) is 4.22. The third-order valence-corrected chi connectivity index (χ3v) is 6.14. The summed E-state index contributed by atoms with van der Waals surface area (Å²) in [5, 5.41) is 0. The molecule has 0 bridgehead atoms. The monoisotopic (exact) mass is 363 g/mol. The smallest absolute Gasteiger partial charge is 0.223 e. The zero-order valence-corrected chi connectivity index (χ0v) is 16.2. The summed E-state index contributed by atoms with van der Waals surface area (Å²) in [6.45, 7) is 6.07. The zero-order chi connectivity index (χ0) is 18.6. The zero-order valence-electron chi connectivity index (χ0n) is 16.2. The molecule has 0 saturated carbocycles. The van der Waals surface area contributed by atoms with E-state index in [0.717, 1.165) is 44.5 Å². The Morgan fingerprint density at radius 2 is 1.85 bits per heavy atom. The second-order valence-electron chi connectivity index (χ2n) is 7.94. The Bertz CT molecular complexity index is 759. The molecular formula is C23H29N3O. The maximum atomic E-state index is 12.6. The molecule has 1 aromatic carbocycles. The van der Waals surface area contributed by atoms with E-state index in [9.17, 15) is 4.79 Å². The van der Waals surface area contributed by atoms with Gasteiger partial charge in [-0.3, -0.25) is 14.7 Å². The van der Waals surface area contributed by atoms with Gasteiger partial charge in [-0.05, 0) is 47.9 Å². The SMILES string of the molecule is CCc1ccc(CN2CC[C@H]3[C@H](CCC(=O)N3Cc3cccnc3)C2)cc1. The average Bonchev–Trinajstić information content (AvgIpc) is 2.71. The molecule has 2 atom stereocenters. The molecule has 2 saturated heterocycles.